The van der Waals surface area contributed by atoms with Gasteiger partial charge >= 0.3 is 0 Å². The van der Waals surface area contributed by atoms with Gasteiger partial charge in [-0.1, -0.05) is 13.5 Å². The summed E-state index contributed by atoms with van der Waals surface area (Å²) in [5.74, 6) is 0.742. The summed E-state index contributed by atoms with van der Waals surface area (Å²) in [6.45, 7) is 9.65. The molecule has 1 saturated heterocycles. The van der Waals surface area contributed by atoms with Crippen molar-refractivity contribution >= 4 is 18.5 Å². The fourth-order valence-corrected chi connectivity index (χ4v) is 2.43. The lowest BCUT2D eigenvalue weighted by Gasteiger charge is -2.28. The molecule has 2 heterocycles. The van der Waals surface area contributed by atoms with E-state index in [1.54, 1.807) is 0 Å². The summed E-state index contributed by atoms with van der Waals surface area (Å²) in [6.07, 6.45) is 6.37. The Morgan fingerprint density at radius 1 is 1.33 bits per heavy atom. The van der Waals surface area contributed by atoms with Gasteiger partial charge in [-0.25, -0.2) is 0 Å². The molecule has 0 aromatic carbocycles. The largest absolute Gasteiger partial charge is 0.440 e. The van der Waals surface area contributed by atoms with Crippen molar-refractivity contribution in [2.45, 2.75) is 39.5 Å². The number of rotatable bonds is 2. The second-order valence-corrected chi connectivity index (χ2v) is 4.86. The van der Waals surface area contributed by atoms with Crippen molar-refractivity contribution in [3.8, 4) is 0 Å². The van der Waals surface area contributed by atoms with Gasteiger partial charge in [0.2, 0.25) is 5.88 Å². The van der Waals surface area contributed by atoms with E-state index >= 15 is 0 Å². The van der Waals surface area contributed by atoms with Crippen LogP contribution in [0.2, 0.25) is 0 Å². The van der Waals surface area contributed by atoms with E-state index in [0.29, 0.717) is 16.2 Å². The predicted octanol–water partition coefficient (Wildman–Crippen LogP) is 1.54. The molecule has 3 nitrogen and oxygen atoms in total. The maximum Gasteiger partial charge on any atom is 0.202 e. The van der Waals surface area contributed by atoms with Gasteiger partial charge in [-0.15, -0.1) is 0 Å². The second-order valence-electron chi connectivity index (χ2n) is 4.86. The monoisotopic (exact) mass is 247 g/mol. The molecule has 0 saturated carbocycles. The van der Waals surface area contributed by atoms with Gasteiger partial charge in [-0.05, 0) is 38.7 Å². The lowest BCUT2D eigenvalue weighted by Crippen LogP contribution is -2.42. The first-order valence-corrected chi connectivity index (χ1v) is 6.73. The summed E-state index contributed by atoms with van der Waals surface area (Å²) >= 11 is 0. The smallest absolute Gasteiger partial charge is 0.202 e. The Hall–Kier alpha value is -1.51. The van der Waals surface area contributed by atoms with Gasteiger partial charge in [0.05, 0.1) is 10.8 Å². The van der Waals surface area contributed by atoms with E-state index < -0.39 is 0 Å². The van der Waals surface area contributed by atoms with Crippen molar-refractivity contribution in [1.29, 1.82) is 0 Å². The Kier molecular flexibility index (Phi) is 3.90. The SMILES string of the molecule is C=c1c(=O)c(C)c(N2CCCCC2)o/c1=C\CC. The molecule has 0 spiro atoms. The van der Waals surface area contributed by atoms with E-state index in [-0.39, 0.29) is 5.43 Å². The highest BCUT2D eigenvalue weighted by Gasteiger charge is 2.17. The van der Waals surface area contributed by atoms with E-state index in [0.717, 1.165) is 25.4 Å². The van der Waals surface area contributed by atoms with Crippen molar-refractivity contribution in [3.05, 3.63) is 26.4 Å². The van der Waals surface area contributed by atoms with Crippen LogP contribution in [0, 0.1) is 6.92 Å². The molecule has 0 aliphatic carbocycles. The van der Waals surface area contributed by atoms with Gasteiger partial charge in [0.1, 0.15) is 5.42 Å². The van der Waals surface area contributed by atoms with Crippen LogP contribution in [0.3, 0.4) is 0 Å². The molecule has 0 atom stereocenters. The minimum atomic E-state index is 0.0153. The zero-order chi connectivity index (χ0) is 13.1. The quantitative estimate of drug-likeness (QED) is 0.795. The first-order valence-electron chi connectivity index (χ1n) is 6.73. The molecule has 1 fully saturated rings. The number of piperidine rings is 1. The summed E-state index contributed by atoms with van der Waals surface area (Å²) in [5, 5.41) is 0.482. The Morgan fingerprint density at radius 2 is 2.00 bits per heavy atom. The van der Waals surface area contributed by atoms with Crippen molar-refractivity contribution in [2.75, 3.05) is 18.0 Å². The maximum atomic E-state index is 12.2. The molecule has 1 aliphatic heterocycles. The molecule has 1 aromatic rings. The summed E-state index contributed by atoms with van der Waals surface area (Å²) in [7, 11) is 0. The standard InChI is InChI=1S/C15H21NO2/c1-4-8-13-11(2)14(17)12(3)15(18-13)16-9-6-5-7-10-16/h8H,2,4-7,9-10H2,1,3H3/b13-8-. The zero-order valence-corrected chi connectivity index (χ0v) is 11.3. The van der Waals surface area contributed by atoms with Gasteiger partial charge in [0, 0.05) is 13.1 Å². The van der Waals surface area contributed by atoms with E-state index in [9.17, 15) is 4.79 Å². The number of nitrogens with zero attached hydrogens (tertiary/aromatic N) is 1. The highest BCUT2D eigenvalue weighted by Crippen LogP contribution is 2.19. The summed E-state index contributed by atoms with van der Waals surface area (Å²) < 4.78 is 5.91. The topological polar surface area (TPSA) is 33.5 Å². The summed E-state index contributed by atoms with van der Waals surface area (Å²) in [5.41, 5.74) is 1.34. The molecule has 1 aliphatic rings. The fourth-order valence-electron chi connectivity index (χ4n) is 2.43. The third-order valence-electron chi connectivity index (χ3n) is 3.47. The van der Waals surface area contributed by atoms with Crippen molar-refractivity contribution in [1.82, 2.24) is 0 Å². The first kappa shape index (κ1) is 12.9. The lowest BCUT2D eigenvalue weighted by atomic mass is 10.1. The summed E-state index contributed by atoms with van der Waals surface area (Å²) in [4.78, 5) is 14.3. The molecule has 3 heteroatoms. The molecule has 0 radical (unpaired) electrons. The number of anilines is 1. The summed E-state index contributed by atoms with van der Waals surface area (Å²) in [6, 6.07) is 0. The van der Waals surface area contributed by atoms with Crippen LogP contribution in [0.15, 0.2) is 9.21 Å². The lowest BCUT2D eigenvalue weighted by molar-refractivity contribution is 0.463. The van der Waals surface area contributed by atoms with Crippen LogP contribution in [0.25, 0.3) is 12.7 Å². The van der Waals surface area contributed by atoms with Crippen LogP contribution in [0.1, 0.15) is 38.2 Å². The van der Waals surface area contributed by atoms with E-state index in [1.165, 1.54) is 19.3 Å². The zero-order valence-electron chi connectivity index (χ0n) is 11.3. The number of hydrogen-bond acceptors (Lipinski definition) is 3. The molecule has 1 aromatic heterocycles. The minimum Gasteiger partial charge on any atom is -0.440 e. The normalized spacial score (nSPS) is 17.2. The van der Waals surface area contributed by atoms with E-state index in [2.05, 4.69) is 11.5 Å². The van der Waals surface area contributed by atoms with E-state index in [4.69, 9.17) is 4.42 Å². The average molecular weight is 247 g/mol. The third kappa shape index (κ3) is 2.35. The fraction of sp³-hybridized carbons (Fsp3) is 0.533. The Balaban J connectivity index is 2.57. The second kappa shape index (κ2) is 5.42. The van der Waals surface area contributed by atoms with Gasteiger partial charge < -0.3 is 9.32 Å². The van der Waals surface area contributed by atoms with Gasteiger partial charge in [-0.3, -0.25) is 4.79 Å². The predicted molar refractivity (Wildman–Crippen MR) is 75.3 cm³/mol. The molecular formula is C15H21NO2. The van der Waals surface area contributed by atoms with Crippen LogP contribution < -0.4 is 21.0 Å². The molecule has 0 N–H and O–H groups in total. The van der Waals surface area contributed by atoms with Crippen molar-refractivity contribution in [2.24, 2.45) is 0 Å². The maximum absolute atomic E-state index is 12.2. The van der Waals surface area contributed by atoms with Crippen LogP contribution in [0.4, 0.5) is 5.88 Å². The van der Waals surface area contributed by atoms with Crippen LogP contribution in [0.5, 0.6) is 0 Å². The van der Waals surface area contributed by atoms with Crippen LogP contribution in [-0.2, 0) is 0 Å². The molecule has 0 bridgehead atoms. The molecule has 0 unspecified atom stereocenters. The average Bonchev–Trinajstić information content (AvgIpc) is 2.40. The highest BCUT2D eigenvalue weighted by molar-refractivity contribution is 5.44. The van der Waals surface area contributed by atoms with Crippen LogP contribution in [-0.4, -0.2) is 13.1 Å². The van der Waals surface area contributed by atoms with E-state index in [1.807, 2.05) is 19.9 Å². The van der Waals surface area contributed by atoms with Crippen molar-refractivity contribution < 1.29 is 4.42 Å². The van der Waals surface area contributed by atoms with Crippen LogP contribution >= 0.6 is 0 Å². The highest BCUT2D eigenvalue weighted by atomic mass is 16.3. The first-order chi connectivity index (χ1) is 8.65. The Labute approximate surface area is 107 Å². The van der Waals surface area contributed by atoms with Gasteiger partial charge in [-0.2, -0.15) is 0 Å². The molecule has 2 rings (SSSR count). The minimum absolute atomic E-state index is 0.0153. The molecule has 18 heavy (non-hydrogen) atoms. The molecule has 0 amide bonds. The number of hydrogen-bond donors (Lipinski definition) is 0. The van der Waals surface area contributed by atoms with Gasteiger partial charge in [0.25, 0.3) is 0 Å². The Bertz CT molecular complexity index is 580. The Morgan fingerprint density at radius 3 is 2.61 bits per heavy atom. The molecular weight excluding hydrogens is 226 g/mol. The van der Waals surface area contributed by atoms with Crippen molar-refractivity contribution in [3.63, 3.8) is 0 Å². The molecule has 98 valence electrons. The third-order valence-corrected chi connectivity index (χ3v) is 3.47. The van der Waals surface area contributed by atoms with Gasteiger partial charge in [0.15, 0.2) is 5.43 Å².